The van der Waals surface area contributed by atoms with E-state index in [0.717, 1.165) is 0 Å². The Morgan fingerprint density at radius 3 is 2.79 bits per heavy atom. The van der Waals surface area contributed by atoms with Gasteiger partial charge in [0.15, 0.2) is 0 Å². The van der Waals surface area contributed by atoms with Crippen molar-refractivity contribution in [3.8, 4) is 0 Å². The largest absolute Gasteiger partial charge is 0.351 e. The van der Waals surface area contributed by atoms with Crippen molar-refractivity contribution in [3.05, 3.63) is 34.1 Å². The Hall–Kier alpha value is -0.420. The van der Waals surface area contributed by atoms with E-state index < -0.39 is 0 Å². The van der Waals surface area contributed by atoms with Gasteiger partial charge in [0.05, 0.1) is 4.47 Å². The molecular formula is C9H8Br2FNO. The molecule has 5 heteroatoms. The summed E-state index contributed by atoms with van der Waals surface area (Å²) in [5, 5.41) is 3.36. The molecule has 2 nitrogen and oxygen atoms in total. The monoisotopic (exact) mass is 323 g/mol. The Morgan fingerprint density at radius 1 is 1.50 bits per heavy atom. The van der Waals surface area contributed by atoms with Crippen molar-refractivity contribution in [2.24, 2.45) is 0 Å². The fraction of sp³-hybridized carbons (Fsp3) is 0.222. The van der Waals surface area contributed by atoms with E-state index in [1.54, 1.807) is 0 Å². The molecule has 1 aromatic carbocycles. The highest BCUT2D eigenvalue weighted by molar-refractivity contribution is 9.10. The van der Waals surface area contributed by atoms with Gasteiger partial charge in [0, 0.05) is 17.4 Å². The summed E-state index contributed by atoms with van der Waals surface area (Å²) in [6, 6.07) is 4.16. The molecule has 1 aromatic rings. The maximum Gasteiger partial charge on any atom is 0.251 e. The second-order valence-electron chi connectivity index (χ2n) is 2.57. The molecule has 0 aromatic heterocycles. The van der Waals surface area contributed by atoms with E-state index in [9.17, 15) is 9.18 Å². The second-order valence-corrected chi connectivity index (χ2v) is 4.22. The van der Waals surface area contributed by atoms with Gasteiger partial charge in [-0.05, 0) is 34.1 Å². The van der Waals surface area contributed by atoms with Crippen LogP contribution in [0.2, 0.25) is 0 Å². The molecule has 1 N–H and O–H groups in total. The van der Waals surface area contributed by atoms with Crippen LogP contribution in [0.25, 0.3) is 0 Å². The van der Waals surface area contributed by atoms with Gasteiger partial charge in [0.1, 0.15) is 5.82 Å². The molecule has 0 unspecified atom stereocenters. The van der Waals surface area contributed by atoms with E-state index in [2.05, 4.69) is 37.2 Å². The third-order valence-corrected chi connectivity index (χ3v) is 2.57. The molecule has 0 atom stereocenters. The molecule has 0 radical (unpaired) electrons. The predicted molar refractivity (Wildman–Crippen MR) is 60.2 cm³/mol. The van der Waals surface area contributed by atoms with E-state index in [1.165, 1.54) is 18.2 Å². The third kappa shape index (κ3) is 3.06. The maximum absolute atomic E-state index is 12.8. The molecule has 0 aliphatic carbocycles. The average molecular weight is 325 g/mol. The highest BCUT2D eigenvalue weighted by Gasteiger charge is 2.07. The number of hydrogen-bond acceptors (Lipinski definition) is 1. The van der Waals surface area contributed by atoms with E-state index >= 15 is 0 Å². The lowest BCUT2D eigenvalue weighted by molar-refractivity contribution is 0.0956. The first-order valence-electron chi connectivity index (χ1n) is 3.94. The Kier molecular flexibility index (Phi) is 4.54. The van der Waals surface area contributed by atoms with E-state index in [0.29, 0.717) is 21.9 Å². The highest BCUT2D eigenvalue weighted by atomic mass is 79.9. The van der Waals surface area contributed by atoms with Crippen molar-refractivity contribution in [1.82, 2.24) is 5.32 Å². The minimum absolute atomic E-state index is 0.204. The molecule has 0 saturated heterocycles. The van der Waals surface area contributed by atoms with Crippen molar-refractivity contribution in [2.75, 3.05) is 11.9 Å². The number of carbonyl (C=O) groups is 1. The Balaban J connectivity index is 2.76. The molecule has 14 heavy (non-hydrogen) atoms. The minimum atomic E-state index is -0.373. The molecule has 0 heterocycles. The van der Waals surface area contributed by atoms with Crippen LogP contribution in [0.15, 0.2) is 22.7 Å². The van der Waals surface area contributed by atoms with E-state index in [1.807, 2.05) is 0 Å². The molecule has 0 aliphatic rings. The minimum Gasteiger partial charge on any atom is -0.351 e. The normalized spacial score (nSPS) is 9.93. The second kappa shape index (κ2) is 5.46. The smallest absolute Gasteiger partial charge is 0.251 e. The van der Waals surface area contributed by atoms with Crippen LogP contribution in [0, 0.1) is 5.82 Å². The number of amides is 1. The number of benzene rings is 1. The number of rotatable bonds is 3. The molecule has 0 spiro atoms. The topological polar surface area (TPSA) is 29.1 Å². The molecule has 76 valence electrons. The standard InChI is InChI=1S/C9H8Br2FNO/c10-3-4-13-9(14)6-1-2-8(12)7(11)5-6/h1-2,5H,3-4H2,(H,13,14). The van der Waals surface area contributed by atoms with Crippen LogP contribution in [0.5, 0.6) is 0 Å². The van der Waals surface area contributed by atoms with Gasteiger partial charge in [-0.2, -0.15) is 0 Å². The Morgan fingerprint density at radius 2 is 2.21 bits per heavy atom. The van der Waals surface area contributed by atoms with Crippen LogP contribution in [0.4, 0.5) is 4.39 Å². The van der Waals surface area contributed by atoms with Crippen molar-refractivity contribution < 1.29 is 9.18 Å². The lowest BCUT2D eigenvalue weighted by Gasteiger charge is -2.03. The zero-order valence-electron chi connectivity index (χ0n) is 7.19. The first-order chi connectivity index (χ1) is 6.65. The summed E-state index contributed by atoms with van der Waals surface area (Å²) in [5.74, 6) is -0.577. The van der Waals surface area contributed by atoms with Gasteiger partial charge in [-0.1, -0.05) is 15.9 Å². The molecule has 1 amide bonds. The average Bonchev–Trinajstić information content (AvgIpc) is 2.18. The summed E-state index contributed by atoms with van der Waals surface area (Å²) in [4.78, 5) is 11.4. The van der Waals surface area contributed by atoms with Crippen molar-refractivity contribution in [1.29, 1.82) is 0 Å². The number of nitrogens with one attached hydrogen (secondary N) is 1. The van der Waals surface area contributed by atoms with Crippen molar-refractivity contribution in [3.63, 3.8) is 0 Å². The third-order valence-electron chi connectivity index (χ3n) is 1.56. The molecule has 0 fully saturated rings. The van der Waals surface area contributed by atoms with Gasteiger partial charge in [0.2, 0.25) is 0 Å². The molecular weight excluding hydrogens is 317 g/mol. The van der Waals surface area contributed by atoms with Gasteiger partial charge in [-0.3, -0.25) is 4.79 Å². The maximum atomic E-state index is 12.8. The summed E-state index contributed by atoms with van der Waals surface area (Å²) in [5.41, 5.74) is 0.444. The zero-order valence-corrected chi connectivity index (χ0v) is 10.4. The number of alkyl halides is 1. The zero-order chi connectivity index (χ0) is 10.6. The summed E-state index contributed by atoms with van der Waals surface area (Å²) >= 11 is 6.21. The summed E-state index contributed by atoms with van der Waals surface area (Å²) in [7, 11) is 0. The van der Waals surface area contributed by atoms with Crippen LogP contribution >= 0.6 is 31.9 Å². The van der Waals surface area contributed by atoms with Crippen LogP contribution < -0.4 is 5.32 Å². The fourth-order valence-corrected chi connectivity index (χ4v) is 1.48. The van der Waals surface area contributed by atoms with Crippen LogP contribution in [0.3, 0.4) is 0 Å². The number of halogens is 3. The van der Waals surface area contributed by atoms with Gasteiger partial charge >= 0.3 is 0 Å². The quantitative estimate of drug-likeness (QED) is 0.851. The first kappa shape index (κ1) is 11.7. The molecule has 1 rings (SSSR count). The molecule has 0 bridgehead atoms. The fourth-order valence-electron chi connectivity index (χ4n) is 0.900. The van der Waals surface area contributed by atoms with Gasteiger partial charge in [-0.25, -0.2) is 4.39 Å². The van der Waals surface area contributed by atoms with Crippen LogP contribution in [0.1, 0.15) is 10.4 Å². The Labute approximate surface area is 98.1 Å². The van der Waals surface area contributed by atoms with Gasteiger partial charge < -0.3 is 5.32 Å². The molecule has 0 aliphatic heterocycles. The predicted octanol–water partition coefficient (Wildman–Crippen LogP) is 2.71. The van der Waals surface area contributed by atoms with Crippen LogP contribution in [-0.4, -0.2) is 17.8 Å². The van der Waals surface area contributed by atoms with Gasteiger partial charge in [0.25, 0.3) is 5.91 Å². The van der Waals surface area contributed by atoms with Crippen molar-refractivity contribution >= 4 is 37.8 Å². The van der Waals surface area contributed by atoms with E-state index in [4.69, 9.17) is 0 Å². The Bertz CT molecular complexity index is 344. The van der Waals surface area contributed by atoms with Crippen molar-refractivity contribution in [2.45, 2.75) is 0 Å². The van der Waals surface area contributed by atoms with Crippen LogP contribution in [-0.2, 0) is 0 Å². The molecule has 0 saturated carbocycles. The first-order valence-corrected chi connectivity index (χ1v) is 5.86. The van der Waals surface area contributed by atoms with E-state index in [-0.39, 0.29) is 11.7 Å². The lowest BCUT2D eigenvalue weighted by Crippen LogP contribution is -2.25. The number of hydrogen-bond donors (Lipinski definition) is 1. The SMILES string of the molecule is O=C(NCCBr)c1ccc(F)c(Br)c1. The summed E-state index contributed by atoms with van der Waals surface area (Å²) in [6.07, 6.45) is 0. The summed E-state index contributed by atoms with van der Waals surface area (Å²) < 4.78 is 13.1. The van der Waals surface area contributed by atoms with Gasteiger partial charge in [-0.15, -0.1) is 0 Å². The lowest BCUT2D eigenvalue weighted by atomic mass is 10.2. The highest BCUT2D eigenvalue weighted by Crippen LogP contribution is 2.16. The summed E-state index contributed by atoms with van der Waals surface area (Å²) in [6.45, 7) is 0.549. The number of carbonyl (C=O) groups excluding carboxylic acids is 1.